The van der Waals surface area contributed by atoms with Crippen LogP contribution in [-0.2, 0) is 19.1 Å². The predicted octanol–water partition coefficient (Wildman–Crippen LogP) is 0.704. The van der Waals surface area contributed by atoms with E-state index in [9.17, 15) is 14.4 Å². The van der Waals surface area contributed by atoms with E-state index in [0.717, 1.165) is 0 Å². The van der Waals surface area contributed by atoms with Gasteiger partial charge >= 0.3 is 12.1 Å². The predicted molar refractivity (Wildman–Crippen MR) is 68.2 cm³/mol. The SMILES string of the molecule is CCOC(=O)NC(=O)C(=CNC(C)C)C(=O)OCC. The topological polar surface area (TPSA) is 93.7 Å². The fourth-order valence-electron chi connectivity index (χ4n) is 1.00. The van der Waals surface area contributed by atoms with Crippen LogP contribution in [-0.4, -0.2) is 37.2 Å². The highest BCUT2D eigenvalue weighted by molar-refractivity contribution is 6.19. The third-order valence-electron chi connectivity index (χ3n) is 1.79. The monoisotopic (exact) mass is 272 g/mol. The molecule has 108 valence electrons. The summed E-state index contributed by atoms with van der Waals surface area (Å²) in [6.07, 6.45) is 0.310. The second-order valence-corrected chi connectivity index (χ2v) is 3.77. The lowest BCUT2D eigenvalue weighted by Gasteiger charge is -2.09. The molecule has 19 heavy (non-hydrogen) atoms. The highest BCUT2D eigenvalue weighted by Crippen LogP contribution is 1.99. The van der Waals surface area contributed by atoms with E-state index in [-0.39, 0.29) is 24.8 Å². The third-order valence-corrected chi connectivity index (χ3v) is 1.79. The molecule has 0 rings (SSSR count). The minimum absolute atomic E-state index is 0.0276. The first kappa shape index (κ1) is 16.9. The van der Waals surface area contributed by atoms with Crippen LogP contribution in [0.25, 0.3) is 0 Å². The maximum Gasteiger partial charge on any atom is 0.414 e. The molecule has 0 heterocycles. The molecule has 0 aliphatic heterocycles. The molecule has 0 atom stereocenters. The van der Waals surface area contributed by atoms with Gasteiger partial charge in [0.05, 0.1) is 13.2 Å². The number of carbonyl (C=O) groups is 3. The van der Waals surface area contributed by atoms with Crippen LogP contribution in [0, 0.1) is 0 Å². The van der Waals surface area contributed by atoms with Gasteiger partial charge in [-0.25, -0.2) is 9.59 Å². The second-order valence-electron chi connectivity index (χ2n) is 3.77. The molecule has 0 aliphatic rings. The number of ether oxygens (including phenoxy) is 2. The van der Waals surface area contributed by atoms with Gasteiger partial charge in [-0.2, -0.15) is 0 Å². The molecule has 7 nitrogen and oxygen atoms in total. The highest BCUT2D eigenvalue weighted by atomic mass is 16.5. The number of hydrogen-bond donors (Lipinski definition) is 2. The van der Waals surface area contributed by atoms with Crippen LogP contribution in [0.3, 0.4) is 0 Å². The van der Waals surface area contributed by atoms with Gasteiger partial charge in [-0.1, -0.05) is 0 Å². The van der Waals surface area contributed by atoms with Crippen molar-refractivity contribution in [2.24, 2.45) is 0 Å². The van der Waals surface area contributed by atoms with Crippen molar-refractivity contribution in [3.63, 3.8) is 0 Å². The first-order chi connectivity index (χ1) is 8.92. The first-order valence-corrected chi connectivity index (χ1v) is 6.03. The van der Waals surface area contributed by atoms with Crippen LogP contribution in [0.2, 0.25) is 0 Å². The van der Waals surface area contributed by atoms with Crippen molar-refractivity contribution in [1.82, 2.24) is 10.6 Å². The summed E-state index contributed by atoms with van der Waals surface area (Å²) in [6.45, 7) is 7.15. The first-order valence-electron chi connectivity index (χ1n) is 6.03. The standard InChI is InChI=1S/C12H20N2O5/c1-5-18-11(16)9(7-13-8(3)4)10(15)14-12(17)19-6-2/h7-8,13H,5-6H2,1-4H3,(H,14,15,17). The van der Waals surface area contributed by atoms with Gasteiger partial charge in [0.2, 0.25) is 0 Å². The Morgan fingerprint density at radius 1 is 1.11 bits per heavy atom. The lowest BCUT2D eigenvalue weighted by Crippen LogP contribution is -2.36. The van der Waals surface area contributed by atoms with E-state index in [0.29, 0.717) is 0 Å². The minimum Gasteiger partial charge on any atom is -0.462 e. The number of esters is 1. The molecule has 2 amide bonds. The Morgan fingerprint density at radius 2 is 1.68 bits per heavy atom. The van der Waals surface area contributed by atoms with Gasteiger partial charge in [-0.15, -0.1) is 0 Å². The Hall–Kier alpha value is -2.05. The molecule has 0 saturated carbocycles. The van der Waals surface area contributed by atoms with Crippen molar-refractivity contribution >= 4 is 18.0 Å². The lowest BCUT2D eigenvalue weighted by atomic mass is 10.2. The molecule has 0 fully saturated rings. The van der Waals surface area contributed by atoms with Crippen LogP contribution in [0.1, 0.15) is 27.7 Å². The molecule has 0 saturated heterocycles. The molecule has 2 N–H and O–H groups in total. The summed E-state index contributed by atoms with van der Waals surface area (Å²) in [5, 5.41) is 4.73. The van der Waals surface area contributed by atoms with Crippen molar-refractivity contribution in [2.45, 2.75) is 33.7 Å². The van der Waals surface area contributed by atoms with Crippen molar-refractivity contribution in [3.05, 3.63) is 11.8 Å². The Morgan fingerprint density at radius 3 is 2.16 bits per heavy atom. The van der Waals surface area contributed by atoms with Gasteiger partial charge < -0.3 is 14.8 Å². The largest absolute Gasteiger partial charge is 0.462 e. The van der Waals surface area contributed by atoms with E-state index in [1.165, 1.54) is 6.20 Å². The molecular formula is C12H20N2O5. The van der Waals surface area contributed by atoms with E-state index in [4.69, 9.17) is 4.74 Å². The summed E-state index contributed by atoms with van der Waals surface area (Å²) in [5.74, 6) is -1.68. The number of carbonyl (C=O) groups excluding carboxylic acids is 3. The number of amides is 2. The second kappa shape index (κ2) is 8.96. The molecule has 0 aliphatic carbocycles. The van der Waals surface area contributed by atoms with E-state index in [1.54, 1.807) is 13.8 Å². The quantitative estimate of drug-likeness (QED) is 0.320. The Balaban J connectivity index is 4.82. The maximum absolute atomic E-state index is 11.7. The van der Waals surface area contributed by atoms with Gasteiger partial charge in [0, 0.05) is 12.2 Å². The van der Waals surface area contributed by atoms with Crippen molar-refractivity contribution in [3.8, 4) is 0 Å². The smallest absolute Gasteiger partial charge is 0.414 e. The lowest BCUT2D eigenvalue weighted by molar-refractivity contribution is -0.140. The minimum atomic E-state index is -0.910. The van der Waals surface area contributed by atoms with Gasteiger partial charge in [0.15, 0.2) is 0 Å². The summed E-state index contributed by atoms with van der Waals surface area (Å²) in [5.41, 5.74) is -0.288. The van der Waals surface area contributed by atoms with Crippen molar-refractivity contribution < 1.29 is 23.9 Å². The average Bonchev–Trinajstić information content (AvgIpc) is 2.29. The zero-order valence-electron chi connectivity index (χ0n) is 11.6. The number of rotatable bonds is 6. The average molecular weight is 272 g/mol. The zero-order chi connectivity index (χ0) is 14.8. The molecule has 0 aromatic carbocycles. The summed E-state index contributed by atoms with van der Waals surface area (Å²) in [4.78, 5) is 34.5. The fourth-order valence-corrected chi connectivity index (χ4v) is 1.00. The molecule has 0 bridgehead atoms. The molecule has 0 aromatic heterocycles. The molecule has 0 aromatic rings. The van der Waals surface area contributed by atoms with Crippen LogP contribution in [0.4, 0.5) is 4.79 Å². The Kier molecular flexibility index (Phi) is 7.99. The van der Waals surface area contributed by atoms with Crippen LogP contribution < -0.4 is 10.6 Å². The summed E-state index contributed by atoms with van der Waals surface area (Å²) < 4.78 is 9.30. The van der Waals surface area contributed by atoms with E-state index >= 15 is 0 Å². The molecular weight excluding hydrogens is 252 g/mol. The molecule has 0 unspecified atom stereocenters. The summed E-state index contributed by atoms with van der Waals surface area (Å²) in [7, 11) is 0. The molecule has 0 radical (unpaired) electrons. The van der Waals surface area contributed by atoms with E-state index in [2.05, 4.69) is 10.1 Å². The number of imide groups is 1. The number of hydrogen-bond acceptors (Lipinski definition) is 6. The van der Waals surface area contributed by atoms with Crippen LogP contribution >= 0.6 is 0 Å². The molecule has 7 heteroatoms. The van der Waals surface area contributed by atoms with E-state index in [1.807, 2.05) is 19.2 Å². The number of nitrogens with one attached hydrogen (secondary N) is 2. The maximum atomic E-state index is 11.7. The van der Waals surface area contributed by atoms with Gasteiger partial charge in [-0.05, 0) is 27.7 Å². The van der Waals surface area contributed by atoms with Gasteiger partial charge in [-0.3, -0.25) is 10.1 Å². The van der Waals surface area contributed by atoms with Gasteiger partial charge in [0.25, 0.3) is 5.91 Å². The van der Waals surface area contributed by atoms with Crippen LogP contribution in [0.5, 0.6) is 0 Å². The Bertz CT molecular complexity index is 363. The summed E-state index contributed by atoms with van der Waals surface area (Å²) in [6, 6.07) is 0.0276. The van der Waals surface area contributed by atoms with Crippen molar-refractivity contribution in [2.75, 3.05) is 13.2 Å². The van der Waals surface area contributed by atoms with E-state index < -0.39 is 18.0 Å². The molecule has 0 spiro atoms. The third kappa shape index (κ3) is 7.07. The summed E-state index contributed by atoms with van der Waals surface area (Å²) >= 11 is 0. The number of alkyl carbamates (subject to hydrolysis) is 1. The highest BCUT2D eigenvalue weighted by Gasteiger charge is 2.22. The van der Waals surface area contributed by atoms with Crippen LogP contribution in [0.15, 0.2) is 11.8 Å². The zero-order valence-corrected chi connectivity index (χ0v) is 11.6. The van der Waals surface area contributed by atoms with Gasteiger partial charge in [0.1, 0.15) is 5.57 Å². The van der Waals surface area contributed by atoms with Crippen molar-refractivity contribution in [1.29, 1.82) is 0 Å². The Labute approximate surface area is 112 Å². The fraction of sp³-hybridized carbons (Fsp3) is 0.583. The normalized spacial score (nSPS) is 10.9.